The second-order valence-electron chi connectivity index (χ2n) is 2.91. The molecular formula is C10H10O5. The molecule has 1 atom stereocenters. The zero-order valence-electron chi connectivity index (χ0n) is 8.01. The van der Waals surface area contributed by atoms with Gasteiger partial charge in [0.25, 0.3) is 0 Å². The number of hydrogen-bond donors (Lipinski definition) is 2. The van der Waals surface area contributed by atoms with E-state index in [1.54, 1.807) is 0 Å². The van der Waals surface area contributed by atoms with Crippen molar-refractivity contribution < 1.29 is 24.5 Å². The van der Waals surface area contributed by atoms with Gasteiger partial charge in [-0.15, -0.1) is 0 Å². The van der Waals surface area contributed by atoms with Crippen LogP contribution in [0, 0.1) is 0 Å². The Balaban J connectivity index is 2.97. The lowest BCUT2D eigenvalue weighted by molar-refractivity contribution is -0.149. The van der Waals surface area contributed by atoms with Crippen molar-refractivity contribution in [1.29, 1.82) is 0 Å². The van der Waals surface area contributed by atoms with Crippen molar-refractivity contribution in [3.05, 3.63) is 23.8 Å². The first-order valence-electron chi connectivity index (χ1n) is 4.19. The number of phenols is 2. The highest BCUT2D eigenvalue weighted by atomic mass is 16.5. The number of aromatic hydroxyl groups is 2. The number of hydrogen-bond acceptors (Lipinski definition) is 5. The molecule has 0 aliphatic carbocycles. The third-order valence-electron chi connectivity index (χ3n) is 1.74. The molecule has 80 valence electrons. The van der Waals surface area contributed by atoms with Gasteiger partial charge >= 0.3 is 5.97 Å². The summed E-state index contributed by atoms with van der Waals surface area (Å²) in [5.74, 6) is -1.27. The van der Waals surface area contributed by atoms with E-state index in [4.69, 9.17) is 5.11 Å². The largest absolute Gasteiger partial charge is 0.504 e. The Bertz CT molecular complexity index is 385. The van der Waals surface area contributed by atoms with Crippen molar-refractivity contribution in [3.8, 4) is 11.5 Å². The average molecular weight is 210 g/mol. The Morgan fingerprint density at radius 3 is 2.53 bits per heavy atom. The molecule has 0 aliphatic rings. The molecule has 5 nitrogen and oxygen atoms in total. The Kier molecular flexibility index (Phi) is 3.28. The van der Waals surface area contributed by atoms with Gasteiger partial charge in [-0.05, 0) is 12.1 Å². The van der Waals surface area contributed by atoms with Gasteiger partial charge in [0, 0.05) is 12.5 Å². The van der Waals surface area contributed by atoms with Gasteiger partial charge < -0.3 is 14.9 Å². The number of aldehydes is 1. The van der Waals surface area contributed by atoms with Crippen LogP contribution in [0.25, 0.3) is 0 Å². The van der Waals surface area contributed by atoms with Gasteiger partial charge in [0.15, 0.2) is 23.9 Å². The van der Waals surface area contributed by atoms with E-state index in [9.17, 15) is 14.7 Å². The highest BCUT2D eigenvalue weighted by molar-refractivity contribution is 5.71. The van der Waals surface area contributed by atoms with Crippen LogP contribution in [0.2, 0.25) is 0 Å². The molecule has 1 aromatic carbocycles. The molecule has 0 amide bonds. The molecule has 0 saturated carbocycles. The molecule has 1 rings (SSSR count). The predicted octanol–water partition coefficient (Wildman–Crippen LogP) is 0.901. The Morgan fingerprint density at radius 2 is 2.07 bits per heavy atom. The highest BCUT2D eigenvalue weighted by Gasteiger charge is 2.14. The van der Waals surface area contributed by atoms with Crippen LogP contribution in [0.3, 0.4) is 0 Å². The Labute approximate surface area is 85.9 Å². The zero-order chi connectivity index (χ0) is 11.4. The number of ether oxygens (including phenoxy) is 1. The standard InChI is InChI=1S/C10H10O5/c1-6(12)15-10(5-11)7-2-3-8(13)9(14)4-7/h2-5,10,13-14H,1H3. The maximum Gasteiger partial charge on any atom is 0.303 e. The van der Waals surface area contributed by atoms with Crippen LogP contribution in [-0.4, -0.2) is 22.5 Å². The molecular weight excluding hydrogens is 200 g/mol. The number of benzene rings is 1. The molecule has 15 heavy (non-hydrogen) atoms. The lowest BCUT2D eigenvalue weighted by atomic mass is 10.1. The third-order valence-corrected chi connectivity index (χ3v) is 1.74. The molecule has 0 bridgehead atoms. The normalized spacial score (nSPS) is 11.8. The first-order valence-corrected chi connectivity index (χ1v) is 4.19. The fraction of sp³-hybridized carbons (Fsp3) is 0.200. The maximum absolute atomic E-state index is 10.6. The number of carbonyl (C=O) groups excluding carboxylic acids is 2. The van der Waals surface area contributed by atoms with Crippen molar-refractivity contribution in [1.82, 2.24) is 0 Å². The van der Waals surface area contributed by atoms with Crippen LogP contribution >= 0.6 is 0 Å². The molecule has 1 aromatic rings. The summed E-state index contributed by atoms with van der Waals surface area (Å²) >= 11 is 0. The number of carbonyl (C=O) groups is 2. The van der Waals surface area contributed by atoms with Crippen LogP contribution in [0.4, 0.5) is 0 Å². The van der Waals surface area contributed by atoms with Crippen LogP contribution in [0.5, 0.6) is 11.5 Å². The van der Waals surface area contributed by atoms with Gasteiger partial charge in [0.1, 0.15) is 0 Å². The SMILES string of the molecule is CC(=O)OC(C=O)c1ccc(O)c(O)c1. The summed E-state index contributed by atoms with van der Waals surface area (Å²) in [6, 6.07) is 3.76. The monoisotopic (exact) mass is 210 g/mol. The van der Waals surface area contributed by atoms with Gasteiger partial charge in [0.2, 0.25) is 0 Å². The smallest absolute Gasteiger partial charge is 0.303 e. The summed E-state index contributed by atoms with van der Waals surface area (Å²) in [7, 11) is 0. The van der Waals surface area contributed by atoms with Crippen molar-refractivity contribution in [3.63, 3.8) is 0 Å². The lowest BCUT2D eigenvalue weighted by Crippen LogP contribution is -2.09. The molecule has 0 radical (unpaired) electrons. The molecule has 2 N–H and O–H groups in total. The van der Waals surface area contributed by atoms with Crippen LogP contribution in [-0.2, 0) is 14.3 Å². The molecule has 5 heteroatoms. The van der Waals surface area contributed by atoms with Gasteiger partial charge in [-0.3, -0.25) is 9.59 Å². The van der Waals surface area contributed by atoms with Gasteiger partial charge in [0.05, 0.1) is 0 Å². The number of phenolic OH excluding ortho intramolecular Hbond substituents is 2. The fourth-order valence-electron chi connectivity index (χ4n) is 1.07. The van der Waals surface area contributed by atoms with E-state index < -0.39 is 12.1 Å². The molecule has 0 aliphatic heterocycles. The summed E-state index contributed by atoms with van der Waals surface area (Å²) < 4.78 is 4.68. The van der Waals surface area contributed by atoms with E-state index in [1.165, 1.54) is 19.1 Å². The molecule has 0 saturated heterocycles. The van der Waals surface area contributed by atoms with E-state index >= 15 is 0 Å². The topological polar surface area (TPSA) is 83.8 Å². The maximum atomic E-state index is 10.6. The van der Waals surface area contributed by atoms with Crippen molar-refractivity contribution in [2.24, 2.45) is 0 Å². The second-order valence-corrected chi connectivity index (χ2v) is 2.91. The molecule has 0 aromatic heterocycles. The molecule has 0 heterocycles. The minimum absolute atomic E-state index is 0.300. The number of rotatable bonds is 3. The average Bonchev–Trinajstić information content (AvgIpc) is 2.18. The third kappa shape index (κ3) is 2.70. The minimum Gasteiger partial charge on any atom is -0.504 e. The van der Waals surface area contributed by atoms with Gasteiger partial charge in [-0.2, -0.15) is 0 Å². The lowest BCUT2D eigenvalue weighted by Gasteiger charge is -2.11. The second kappa shape index (κ2) is 4.45. The van der Waals surface area contributed by atoms with E-state index in [1.807, 2.05) is 0 Å². The van der Waals surface area contributed by atoms with E-state index in [2.05, 4.69) is 4.74 Å². The number of esters is 1. The summed E-state index contributed by atoms with van der Waals surface area (Å²) in [5, 5.41) is 18.2. The van der Waals surface area contributed by atoms with E-state index in [-0.39, 0.29) is 11.5 Å². The van der Waals surface area contributed by atoms with Crippen molar-refractivity contribution in [2.75, 3.05) is 0 Å². The summed E-state index contributed by atoms with van der Waals surface area (Å²) in [6.45, 7) is 1.18. The minimum atomic E-state index is -1.06. The van der Waals surface area contributed by atoms with Gasteiger partial charge in [-0.25, -0.2) is 0 Å². The van der Waals surface area contributed by atoms with Crippen molar-refractivity contribution in [2.45, 2.75) is 13.0 Å². The quantitative estimate of drug-likeness (QED) is 0.440. The van der Waals surface area contributed by atoms with E-state index in [0.717, 1.165) is 6.07 Å². The van der Waals surface area contributed by atoms with Gasteiger partial charge in [-0.1, -0.05) is 6.07 Å². The molecule has 0 spiro atoms. The molecule has 1 unspecified atom stereocenters. The zero-order valence-corrected chi connectivity index (χ0v) is 8.01. The first kappa shape index (κ1) is 11.0. The van der Waals surface area contributed by atoms with Crippen LogP contribution in [0.15, 0.2) is 18.2 Å². The van der Waals surface area contributed by atoms with Crippen LogP contribution < -0.4 is 0 Å². The summed E-state index contributed by atoms with van der Waals surface area (Å²) in [6.07, 6.45) is -0.623. The van der Waals surface area contributed by atoms with Crippen molar-refractivity contribution >= 4 is 12.3 Å². The summed E-state index contributed by atoms with van der Waals surface area (Å²) in [4.78, 5) is 21.3. The van der Waals surface area contributed by atoms with E-state index in [0.29, 0.717) is 11.8 Å². The summed E-state index contributed by atoms with van der Waals surface area (Å²) in [5.41, 5.74) is 0.301. The van der Waals surface area contributed by atoms with Crippen LogP contribution in [0.1, 0.15) is 18.6 Å². The highest BCUT2D eigenvalue weighted by Crippen LogP contribution is 2.28. The Morgan fingerprint density at radius 1 is 1.40 bits per heavy atom. The first-order chi connectivity index (χ1) is 7.04. The fourth-order valence-corrected chi connectivity index (χ4v) is 1.07. The predicted molar refractivity (Wildman–Crippen MR) is 50.3 cm³/mol. The molecule has 0 fully saturated rings. The Hall–Kier alpha value is -2.04.